The molecule has 1 amide bonds. The van der Waals surface area contributed by atoms with E-state index >= 15 is 0 Å². The van der Waals surface area contributed by atoms with E-state index in [-0.39, 0.29) is 60.2 Å². The Morgan fingerprint density at radius 1 is 0.379 bits per heavy atom. The minimum Gasteiger partial charge on any atom is -0.462 e. The highest BCUT2D eigenvalue weighted by Crippen LogP contribution is 2.20. The maximum absolute atomic E-state index is 13.0. The van der Waals surface area contributed by atoms with E-state index in [1.54, 1.807) is 4.90 Å². The van der Waals surface area contributed by atoms with Gasteiger partial charge < -0.3 is 33.6 Å². The predicted octanol–water partition coefficient (Wildman–Crippen LogP) is 20.5. The third-order valence-corrected chi connectivity index (χ3v) is 16.1. The predicted molar refractivity (Wildman–Crippen MR) is 380 cm³/mol. The summed E-state index contributed by atoms with van der Waals surface area (Å²) in [5.74, 6) is 1.13. The normalized spacial score (nSPS) is 11.9. The van der Waals surface area contributed by atoms with Crippen LogP contribution in [0.4, 0.5) is 4.79 Å². The second kappa shape index (κ2) is 74.5. The zero-order chi connectivity index (χ0) is 64.2. The Balaban J connectivity index is -0.000000725. The van der Waals surface area contributed by atoms with E-state index in [4.69, 9.17) is 18.9 Å². The van der Waals surface area contributed by atoms with E-state index < -0.39 is 0 Å². The number of halogens is 1. The quantitative estimate of drug-likeness (QED) is 0.0204. The van der Waals surface area contributed by atoms with Crippen molar-refractivity contribution < 1.29 is 42.9 Å². The summed E-state index contributed by atoms with van der Waals surface area (Å²) in [5, 5.41) is 0.000436. The van der Waals surface area contributed by atoms with Crippen LogP contribution < -0.4 is 0 Å². The molecule has 15 heteroatoms. The van der Waals surface area contributed by atoms with Gasteiger partial charge in [-0.25, -0.2) is 0 Å². The third-order valence-electron chi connectivity index (χ3n) is 15.0. The molecule has 0 spiro atoms. The minimum absolute atomic E-state index is 0. The van der Waals surface area contributed by atoms with Gasteiger partial charge in [-0.05, 0) is 131 Å². The minimum atomic E-state index is -0.239. The van der Waals surface area contributed by atoms with E-state index in [0.717, 1.165) is 102 Å². The van der Waals surface area contributed by atoms with Crippen LogP contribution in [0.25, 0.3) is 0 Å². The van der Waals surface area contributed by atoms with Crippen LogP contribution >= 0.6 is 36.8 Å². The fourth-order valence-electron chi connectivity index (χ4n) is 9.54. The summed E-state index contributed by atoms with van der Waals surface area (Å²) in [6, 6.07) is 0. The van der Waals surface area contributed by atoms with Gasteiger partial charge in [0.15, 0.2) is 0 Å². The van der Waals surface area contributed by atoms with Crippen molar-refractivity contribution in [3.63, 3.8) is 0 Å². The summed E-state index contributed by atoms with van der Waals surface area (Å²) in [7, 11) is 8.06. The first-order valence-electron chi connectivity index (χ1n) is 35.6. The fraction of sp³-hybridized carbons (Fsp3) is 0.875. The average molecular weight is 1290 g/mol. The second-order valence-electron chi connectivity index (χ2n) is 24.2. The zero-order valence-electron chi connectivity index (χ0n) is 58.3. The second-order valence-corrected chi connectivity index (χ2v) is 25.7. The van der Waals surface area contributed by atoms with Gasteiger partial charge in [0.25, 0.3) is 5.24 Å². The molecule has 2 atom stereocenters. The fourth-order valence-corrected chi connectivity index (χ4v) is 10.9. The lowest BCUT2D eigenvalue weighted by Gasteiger charge is -2.23. The molecule has 0 fully saturated rings. The molecule has 0 aromatic carbocycles. The van der Waals surface area contributed by atoms with Gasteiger partial charge in [0, 0.05) is 63.4 Å². The van der Waals surface area contributed by atoms with Gasteiger partial charge in [-0.3, -0.25) is 24.0 Å². The molecule has 0 N–H and O–H groups in total. The van der Waals surface area contributed by atoms with Gasteiger partial charge >= 0.3 is 23.9 Å². The van der Waals surface area contributed by atoms with Gasteiger partial charge in [-0.1, -0.05) is 225 Å². The highest BCUT2D eigenvalue weighted by molar-refractivity contribution is 8.13. The largest absolute Gasteiger partial charge is 0.462 e. The molecule has 0 rings (SSSR count). The Hall–Kier alpha value is -2.26. The molecule has 12 nitrogen and oxygen atoms in total. The van der Waals surface area contributed by atoms with Crippen LogP contribution in [0.5, 0.6) is 0 Å². The molecule has 0 saturated heterocycles. The van der Waals surface area contributed by atoms with E-state index in [1.807, 2.05) is 40.3 Å². The number of esters is 4. The molecule has 0 saturated carbocycles. The number of amides is 1. The van der Waals surface area contributed by atoms with Gasteiger partial charge in [0.1, 0.15) is 25.4 Å². The van der Waals surface area contributed by atoms with Crippen molar-refractivity contribution in [3.8, 4) is 0 Å². The number of hydrogen-bond donors (Lipinski definition) is 1. The summed E-state index contributed by atoms with van der Waals surface area (Å²) >= 11 is 5.32. The van der Waals surface area contributed by atoms with E-state index in [2.05, 4.69) is 76.1 Å². The molecular weight excluding hydrogens is 1150 g/mol. The van der Waals surface area contributed by atoms with E-state index in [1.165, 1.54) is 166 Å². The van der Waals surface area contributed by atoms with Gasteiger partial charge in [-0.2, -0.15) is 12.6 Å². The average Bonchev–Trinajstić information content (AvgIpc) is 3.62. The standard InChI is InChI=1S/C36H68N2O5S.C32H60O4.C4H11NS.ClH/c1-6-9-12-15-16-18-21-31-42-34(39)26-22-28-38(36(41)44-32-30-37(4)5)29-23-27-35(40)43-33(24-19-14-11-8-3)25-20-17-13-10-7-2;1-4-7-10-13-14-19-24-29-35-31(33)27-22-17-15-18-23-28-32(34)36-30(25-20-12-9-6-3)26-21-16-11-8-5-2;1-5(2)3-4-6;/h18,21,33H,6-17,19-20,22-32H2,1-5H3;19,24,30H,4-18,20-23,25-29H2,1-3H3;6H,3-4H2,1-2H3;1H/b21-18-;24-19-;;. The maximum atomic E-state index is 13.0. The molecule has 2 unspecified atom stereocenters. The number of allylic oxidation sites excluding steroid dienone is 2. The highest BCUT2D eigenvalue weighted by atomic mass is 35.5. The van der Waals surface area contributed by atoms with Crippen LogP contribution in [0.3, 0.4) is 0 Å². The number of carbonyl (C=O) groups excluding carboxylic acids is 5. The van der Waals surface area contributed by atoms with Crippen LogP contribution in [0.15, 0.2) is 24.3 Å². The van der Waals surface area contributed by atoms with Crippen LogP contribution in [0.2, 0.25) is 0 Å². The third kappa shape index (κ3) is 74.4. The van der Waals surface area contributed by atoms with Gasteiger partial charge in [0.05, 0.1) is 0 Å². The molecule has 0 bridgehead atoms. The number of ether oxygens (including phenoxy) is 4. The molecule has 0 aliphatic rings. The first-order valence-corrected chi connectivity index (χ1v) is 37.2. The Morgan fingerprint density at radius 2 is 0.690 bits per heavy atom. The highest BCUT2D eigenvalue weighted by Gasteiger charge is 2.19. The van der Waals surface area contributed by atoms with Crippen molar-refractivity contribution in [1.82, 2.24) is 14.7 Å². The summed E-state index contributed by atoms with van der Waals surface area (Å²) in [5.41, 5.74) is 0. The first-order chi connectivity index (χ1) is 41.7. The number of carbonyl (C=O) groups is 5. The lowest BCUT2D eigenvalue weighted by atomic mass is 10.0. The summed E-state index contributed by atoms with van der Waals surface area (Å²) in [4.78, 5) is 68.1. The molecule has 0 radical (unpaired) electrons. The zero-order valence-corrected chi connectivity index (χ0v) is 60.8. The molecule has 0 aromatic rings. The Morgan fingerprint density at radius 3 is 1.05 bits per heavy atom. The van der Waals surface area contributed by atoms with Gasteiger partial charge in [0.2, 0.25) is 0 Å². The number of unbranched alkanes of at least 4 members (excludes halogenated alkanes) is 26. The molecule has 0 heterocycles. The molecule has 0 aromatic heterocycles. The number of thiol groups is 1. The number of thioether (sulfide) groups is 1. The lowest BCUT2D eigenvalue weighted by Crippen LogP contribution is -2.31. The Bertz CT molecular complexity index is 1560. The van der Waals surface area contributed by atoms with Crippen molar-refractivity contribution in [1.29, 1.82) is 0 Å². The van der Waals surface area contributed by atoms with E-state index in [9.17, 15) is 24.0 Å². The van der Waals surface area contributed by atoms with Crippen LogP contribution in [0, 0.1) is 0 Å². The summed E-state index contributed by atoms with van der Waals surface area (Å²) in [6.45, 7) is 16.9. The Labute approximate surface area is 553 Å². The molecule has 516 valence electrons. The van der Waals surface area contributed by atoms with Crippen LogP contribution in [-0.2, 0) is 38.1 Å². The smallest absolute Gasteiger partial charge is 0.306 e. The van der Waals surface area contributed by atoms with E-state index in [0.29, 0.717) is 64.2 Å². The molecule has 87 heavy (non-hydrogen) atoms. The lowest BCUT2D eigenvalue weighted by molar-refractivity contribution is -0.151. The van der Waals surface area contributed by atoms with Crippen molar-refractivity contribution in [2.24, 2.45) is 0 Å². The van der Waals surface area contributed by atoms with Crippen molar-refractivity contribution in [2.45, 2.75) is 330 Å². The number of hydrogen-bond acceptors (Lipinski definition) is 13. The van der Waals surface area contributed by atoms with Crippen LogP contribution in [0.1, 0.15) is 318 Å². The molecular formula is C72H140ClN3O9S2. The topological polar surface area (TPSA) is 132 Å². The molecule has 0 aliphatic heterocycles. The van der Waals surface area contributed by atoms with Gasteiger partial charge in [-0.15, -0.1) is 12.4 Å². The van der Waals surface area contributed by atoms with Crippen molar-refractivity contribution in [2.75, 3.05) is 79.1 Å². The summed E-state index contributed by atoms with van der Waals surface area (Å²) in [6.07, 6.45) is 53.6. The number of nitrogens with zero attached hydrogens (tertiary/aromatic N) is 3. The van der Waals surface area contributed by atoms with Crippen LogP contribution in [-0.4, -0.2) is 135 Å². The Kier molecular flexibility index (Phi) is 78.0. The summed E-state index contributed by atoms with van der Waals surface area (Å²) < 4.78 is 22.4. The van der Waals surface area contributed by atoms with Crippen molar-refractivity contribution >= 4 is 65.9 Å². The SMILES string of the molecule is CCCCCC/C=C\COC(=O)CCCCCCCC(=O)OC(CCCCCC)CCCCCCC.CCCCCC/C=C\COC(=O)CCCN(CCCC(=O)OC(CCCCCC)CCCCCCC)C(=O)SCCN(C)C.CN(C)CCS.Cl. The monoisotopic (exact) mass is 1290 g/mol. The number of rotatable bonds is 59. The van der Waals surface area contributed by atoms with Crippen molar-refractivity contribution in [3.05, 3.63) is 24.3 Å². The first kappa shape index (κ1) is 91.2. The maximum Gasteiger partial charge on any atom is 0.306 e. The molecule has 0 aliphatic carbocycles.